The van der Waals surface area contributed by atoms with Gasteiger partial charge in [-0.3, -0.25) is 10.1 Å². The van der Waals surface area contributed by atoms with Crippen LogP contribution in [-0.2, 0) is 14.8 Å². The Kier molecular flexibility index (Phi) is 7.14. The lowest BCUT2D eigenvalue weighted by molar-refractivity contribution is 0.0698. The van der Waals surface area contributed by atoms with Crippen LogP contribution in [0.5, 0.6) is 0 Å². The summed E-state index contributed by atoms with van der Waals surface area (Å²) in [6, 6.07) is 9.58. The van der Waals surface area contributed by atoms with Crippen molar-refractivity contribution in [1.29, 1.82) is 0 Å². The van der Waals surface area contributed by atoms with Crippen molar-refractivity contribution in [2.45, 2.75) is 11.8 Å². The van der Waals surface area contributed by atoms with Crippen molar-refractivity contribution in [2.75, 3.05) is 38.1 Å². The van der Waals surface area contributed by atoms with Gasteiger partial charge in [0.2, 0.25) is 10.0 Å². The number of hydrogen-bond donors (Lipinski definition) is 1. The van der Waals surface area contributed by atoms with Crippen LogP contribution in [0.4, 0.5) is 14.9 Å². The van der Waals surface area contributed by atoms with Gasteiger partial charge in [0.25, 0.3) is 5.91 Å². The highest BCUT2D eigenvalue weighted by molar-refractivity contribution is 7.89. The van der Waals surface area contributed by atoms with E-state index < -0.39 is 21.9 Å². The molecule has 1 aliphatic rings. The Labute approximate surface area is 184 Å². The molecule has 1 aliphatic heterocycles. The van der Waals surface area contributed by atoms with Crippen molar-refractivity contribution in [3.05, 3.63) is 58.9 Å². The molecular formula is C20H21ClFN3O5S. The Bertz CT molecular complexity index is 1070. The van der Waals surface area contributed by atoms with Crippen LogP contribution in [0.3, 0.4) is 0 Å². The number of sulfonamides is 1. The summed E-state index contributed by atoms with van der Waals surface area (Å²) >= 11 is 5.70. The average Bonchev–Trinajstić information content (AvgIpc) is 2.76. The second-order valence-electron chi connectivity index (χ2n) is 6.70. The summed E-state index contributed by atoms with van der Waals surface area (Å²) in [5, 5.41) is 2.27. The Morgan fingerprint density at radius 2 is 1.74 bits per heavy atom. The molecule has 1 N–H and O–H groups in total. The van der Waals surface area contributed by atoms with Crippen LogP contribution in [-0.4, -0.2) is 62.4 Å². The molecule has 1 fully saturated rings. The molecule has 1 heterocycles. The third-order valence-electron chi connectivity index (χ3n) is 4.71. The number of hydrogen-bond acceptors (Lipinski definition) is 5. The van der Waals surface area contributed by atoms with E-state index in [0.717, 1.165) is 12.1 Å². The van der Waals surface area contributed by atoms with Gasteiger partial charge in [0.05, 0.1) is 16.5 Å². The van der Waals surface area contributed by atoms with Gasteiger partial charge in [-0.2, -0.15) is 4.31 Å². The number of ether oxygens (including phenoxy) is 1. The molecule has 0 aliphatic carbocycles. The predicted octanol–water partition coefficient (Wildman–Crippen LogP) is 3.19. The van der Waals surface area contributed by atoms with Crippen LogP contribution in [0.2, 0.25) is 5.02 Å². The third kappa shape index (κ3) is 5.33. The number of carbonyl (C=O) groups is 2. The molecule has 2 aromatic carbocycles. The number of amides is 2. The van der Waals surface area contributed by atoms with Crippen molar-refractivity contribution >= 4 is 39.3 Å². The topological polar surface area (TPSA) is 96.0 Å². The molecule has 0 saturated carbocycles. The van der Waals surface area contributed by atoms with Crippen molar-refractivity contribution in [1.82, 2.24) is 9.21 Å². The minimum atomic E-state index is -3.84. The maximum atomic E-state index is 13.3. The van der Waals surface area contributed by atoms with Crippen LogP contribution < -0.4 is 5.32 Å². The molecule has 2 aromatic rings. The second-order valence-corrected chi connectivity index (χ2v) is 9.04. The van der Waals surface area contributed by atoms with Gasteiger partial charge in [-0.05, 0) is 49.4 Å². The minimum Gasteiger partial charge on any atom is -0.450 e. The zero-order valence-electron chi connectivity index (χ0n) is 16.7. The zero-order valence-corrected chi connectivity index (χ0v) is 18.2. The monoisotopic (exact) mass is 469 g/mol. The first kappa shape index (κ1) is 23.0. The molecular weight excluding hydrogens is 449 g/mol. The van der Waals surface area contributed by atoms with E-state index in [1.54, 1.807) is 36.1 Å². The van der Waals surface area contributed by atoms with E-state index in [1.807, 2.05) is 0 Å². The van der Waals surface area contributed by atoms with E-state index in [0.29, 0.717) is 11.3 Å². The number of halogens is 2. The van der Waals surface area contributed by atoms with E-state index >= 15 is 0 Å². The standard InChI is InChI=1S/C20H21ClFN3O5S/c1-2-30-20(27)23-15-5-3-14(4-6-15)19(26)24-9-11-25(12-10-24)31(28,29)16-7-8-18(22)17(21)13-16/h3-8,13H,2,9-12H2,1H3,(H,23,27). The largest absolute Gasteiger partial charge is 0.450 e. The summed E-state index contributed by atoms with van der Waals surface area (Å²) in [6.45, 7) is 2.56. The van der Waals surface area contributed by atoms with Crippen molar-refractivity contribution in [3.8, 4) is 0 Å². The summed E-state index contributed by atoms with van der Waals surface area (Å²) in [5.41, 5.74) is 0.903. The summed E-state index contributed by atoms with van der Waals surface area (Å²) in [5.74, 6) is -0.941. The molecule has 0 radical (unpaired) electrons. The van der Waals surface area contributed by atoms with Gasteiger partial charge < -0.3 is 9.64 Å². The first-order valence-corrected chi connectivity index (χ1v) is 11.3. The average molecular weight is 470 g/mol. The van der Waals surface area contributed by atoms with Crippen LogP contribution in [0.25, 0.3) is 0 Å². The Morgan fingerprint density at radius 1 is 1.10 bits per heavy atom. The van der Waals surface area contributed by atoms with E-state index in [1.165, 1.54) is 10.4 Å². The molecule has 1 saturated heterocycles. The smallest absolute Gasteiger partial charge is 0.411 e. The van der Waals surface area contributed by atoms with Gasteiger partial charge in [0, 0.05) is 37.4 Å². The third-order valence-corrected chi connectivity index (χ3v) is 6.89. The highest BCUT2D eigenvalue weighted by Crippen LogP contribution is 2.23. The minimum absolute atomic E-state index is 0.0941. The van der Waals surface area contributed by atoms with Gasteiger partial charge >= 0.3 is 6.09 Å². The lowest BCUT2D eigenvalue weighted by Crippen LogP contribution is -2.50. The SMILES string of the molecule is CCOC(=O)Nc1ccc(C(=O)N2CCN(S(=O)(=O)c3ccc(F)c(Cl)c3)CC2)cc1. The fourth-order valence-electron chi connectivity index (χ4n) is 3.08. The van der Waals surface area contributed by atoms with Gasteiger partial charge in [0.1, 0.15) is 5.82 Å². The number of anilines is 1. The molecule has 31 heavy (non-hydrogen) atoms. The summed E-state index contributed by atoms with van der Waals surface area (Å²) in [7, 11) is -3.84. The van der Waals surface area contributed by atoms with Crippen LogP contribution >= 0.6 is 11.6 Å². The predicted molar refractivity (Wildman–Crippen MR) is 113 cm³/mol. The number of piperazine rings is 1. The molecule has 0 unspecified atom stereocenters. The van der Waals surface area contributed by atoms with Crippen LogP contribution in [0.1, 0.15) is 17.3 Å². The van der Waals surface area contributed by atoms with E-state index in [4.69, 9.17) is 16.3 Å². The number of nitrogens with one attached hydrogen (secondary N) is 1. The molecule has 166 valence electrons. The Hall–Kier alpha value is -2.69. The first-order chi connectivity index (χ1) is 14.7. The fourth-order valence-corrected chi connectivity index (χ4v) is 4.78. The second kappa shape index (κ2) is 9.63. The lowest BCUT2D eigenvalue weighted by atomic mass is 10.1. The van der Waals surface area contributed by atoms with Crippen LogP contribution in [0.15, 0.2) is 47.4 Å². The number of carbonyl (C=O) groups excluding carboxylic acids is 2. The van der Waals surface area contributed by atoms with E-state index in [-0.39, 0.29) is 48.6 Å². The van der Waals surface area contributed by atoms with Crippen molar-refractivity contribution < 1.29 is 27.1 Å². The lowest BCUT2D eigenvalue weighted by Gasteiger charge is -2.34. The zero-order chi connectivity index (χ0) is 22.6. The van der Waals surface area contributed by atoms with Gasteiger partial charge in [-0.1, -0.05) is 11.6 Å². The van der Waals surface area contributed by atoms with Crippen LogP contribution in [0, 0.1) is 5.82 Å². The maximum Gasteiger partial charge on any atom is 0.411 e. The summed E-state index contributed by atoms with van der Waals surface area (Å²) in [4.78, 5) is 25.6. The summed E-state index contributed by atoms with van der Waals surface area (Å²) in [6.07, 6.45) is -0.582. The fraction of sp³-hybridized carbons (Fsp3) is 0.300. The highest BCUT2D eigenvalue weighted by atomic mass is 35.5. The summed E-state index contributed by atoms with van der Waals surface area (Å²) < 4.78 is 44.9. The highest BCUT2D eigenvalue weighted by Gasteiger charge is 2.30. The molecule has 3 rings (SSSR count). The van der Waals surface area contributed by atoms with Gasteiger partial charge in [-0.25, -0.2) is 17.6 Å². The number of benzene rings is 2. The van der Waals surface area contributed by atoms with E-state index in [9.17, 15) is 22.4 Å². The van der Waals surface area contributed by atoms with Crippen molar-refractivity contribution in [3.63, 3.8) is 0 Å². The number of rotatable bonds is 5. The maximum absolute atomic E-state index is 13.3. The number of nitrogens with zero attached hydrogens (tertiary/aromatic N) is 2. The molecule has 0 atom stereocenters. The Morgan fingerprint density at radius 3 is 2.32 bits per heavy atom. The molecule has 0 aromatic heterocycles. The molecule has 0 bridgehead atoms. The molecule has 8 nitrogen and oxygen atoms in total. The first-order valence-electron chi connectivity index (χ1n) is 9.50. The van der Waals surface area contributed by atoms with E-state index in [2.05, 4.69) is 5.32 Å². The molecule has 0 spiro atoms. The normalized spacial score (nSPS) is 14.9. The van der Waals surface area contributed by atoms with Crippen molar-refractivity contribution in [2.24, 2.45) is 0 Å². The van der Waals surface area contributed by atoms with Gasteiger partial charge in [-0.15, -0.1) is 0 Å². The molecule has 11 heteroatoms. The quantitative estimate of drug-likeness (QED) is 0.725. The molecule has 2 amide bonds. The Balaban J connectivity index is 1.61. The van der Waals surface area contributed by atoms with Gasteiger partial charge in [0.15, 0.2) is 0 Å².